The molecular weight excluding hydrogens is 303 g/mol. The summed E-state index contributed by atoms with van der Waals surface area (Å²) in [5, 5.41) is 8.43. The van der Waals surface area contributed by atoms with Gasteiger partial charge in [0.15, 0.2) is 0 Å². The van der Waals surface area contributed by atoms with Gasteiger partial charge in [-0.2, -0.15) is 13.7 Å². The first-order valence-corrected chi connectivity index (χ1v) is 8.46. The summed E-state index contributed by atoms with van der Waals surface area (Å²) in [5.41, 5.74) is 1.42. The molecule has 5 nitrogen and oxygen atoms in total. The second-order valence-corrected chi connectivity index (χ2v) is 7.66. The van der Waals surface area contributed by atoms with Crippen LogP contribution in [0.25, 0.3) is 0 Å². The third-order valence-corrected chi connectivity index (χ3v) is 6.17. The number of fused-ring (bicyclic) bond motifs is 1. The number of anilines is 1. The molecule has 0 N–H and O–H groups in total. The topological polar surface area (TPSA) is 78.2 Å². The highest BCUT2D eigenvalue weighted by Gasteiger charge is 2.41. The summed E-state index contributed by atoms with van der Waals surface area (Å²) in [7, 11) is -4.73. The molecule has 1 atom stereocenters. The molecule has 8 heteroatoms. The summed E-state index contributed by atoms with van der Waals surface area (Å²) in [4.78, 5) is 14.3. The first-order valence-electron chi connectivity index (χ1n) is 6.20. The van der Waals surface area contributed by atoms with Crippen molar-refractivity contribution in [3.8, 4) is 6.07 Å². The second-order valence-electron chi connectivity index (χ2n) is 4.96. The van der Waals surface area contributed by atoms with E-state index < -0.39 is 21.4 Å². The Hall–Kier alpha value is -1.46. The molecule has 1 aliphatic heterocycles. The Morgan fingerprint density at radius 3 is 2.75 bits per heavy atom. The average Bonchev–Trinajstić information content (AvgIpc) is 2.99. The Kier molecular flexibility index (Phi) is 3.06. The summed E-state index contributed by atoms with van der Waals surface area (Å²) in [6.45, 7) is -0.203. The highest BCUT2D eigenvalue weighted by Crippen LogP contribution is 2.42. The van der Waals surface area contributed by atoms with Crippen LogP contribution in [0.3, 0.4) is 0 Å². The molecule has 3 rings (SSSR count). The van der Waals surface area contributed by atoms with E-state index in [2.05, 4.69) is 6.07 Å². The fourth-order valence-electron chi connectivity index (χ4n) is 2.75. The Bertz CT molecular complexity index is 733. The normalized spacial score (nSPS) is 22.1. The molecule has 1 unspecified atom stereocenters. The van der Waals surface area contributed by atoms with E-state index in [0.717, 1.165) is 29.7 Å². The lowest BCUT2D eigenvalue weighted by molar-refractivity contribution is -0.117. The third kappa shape index (κ3) is 2.01. The van der Waals surface area contributed by atoms with Gasteiger partial charge in [0.05, 0.1) is 5.56 Å². The van der Waals surface area contributed by atoms with Crippen molar-refractivity contribution in [2.75, 3.05) is 11.4 Å². The minimum absolute atomic E-state index is 0.203. The first-order chi connectivity index (χ1) is 9.41. The van der Waals surface area contributed by atoms with Crippen molar-refractivity contribution >= 4 is 32.5 Å². The minimum atomic E-state index is -4.73. The van der Waals surface area contributed by atoms with Gasteiger partial charge in [0.2, 0.25) is 5.91 Å². The van der Waals surface area contributed by atoms with Crippen molar-refractivity contribution in [1.82, 2.24) is 0 Å². The summed E-state index contributed by atoms with van der Waals surface area (Å²) in [5.74, 6) is -0.437. The average molecular weight is 314 g/mol. The zero-order chi connectivity index (χ0) is 14.5. The van der Waals surface area contributed by atoms with Crippen molar-refractivity contribution in [3.05, 3.63) is 16.0 Å². The number of halogens is 1. The van der Waals surface area contributed by atoms with Crippen molar-refractivity contribution < 1.29 is 17.1 Å². The van der Waals surface area contributed by atoms with Gasteiger partial charge in [0.1, 0.15) is 16.3 Å². The van der Waals surface area contributed by atoms with Gasteiger partial charge in [-0.25, -0.2) is 0 Å². The van der Waals surface area contributed by atoms with Crippen LogP contribution in [0, 0.1) is 11.3 Å². The van der Waals surface area contributed by atoms with Gasteiger partial charge in [-0.1, -0.05) is 0 Å². The van der Waals surface area contributed by atoms with Gasteiger partial charge in [-0.3, -0.25) is 4.79 Å². The summed E-state index contributed by atoms with van der Waals surface area (Å²) in [6, 6.07) is 2.10. The predicted octanol–water partition coefficient (Wildman–Crippen LogP) is 1.51. The van der Waals surface area contributed by atoms with Crippen LogP contribution in [0.4, 0.5) is 8.89 Å². The first kappa shape index (κ1) is 13.5. The van der Waals surface area contributed by atoms with Crippen molar-refractivity contribution in [1.29, 1.82) is 5.26 Å². The highest BCUT2D eigenvalue weighted by molar-refractivity contribution is 7.87. The lowest BCUT2D eigenvalue weighted by atomic mass is 10.1. The zero-order valence-electron chi connectivity index (χ0n) is 10.4. The smallest absolute Gasteiger partial charge is 0.301 e. The molecule has 1 saturated heterocycles. The molecule has 1 fully saturated rings. The number of nitrogens with zero attached hydrogens (tertiary/aromatic N) is 2. The molecule has 106 valence electrons. The van der Waals surface area contributed by atoms with Crippen LogP contribution >= 0.6 is 11.3 Å². The molecule has 2 aliphatic rings. The number of nitriles is 1. The zero-order valence-corrected chi connectivity index (χ0v) is 12.1. The Balaban J connectivity index is 1.99. The standard InChI is InChI=1S/C12H11FN2O3S2/c13-20(17,18)7-4-11(16)15(6-7)12-9(5-14)8-2-1-3-10(8)19-12/h7H,1-4,6H2. The van der Waals surface area contributed by atoms with E-state index in [1.165, 1.54) is 16.2 Å². The number of aryl methyl sites for hydroxylation is 1. The number of rotatable bonds is 2. The third-order valence-electron chi connectivity index (χ3n) is 3.75. The van der Waals surface area contributed by atoms with E-state index in [9.17, 15) is 22.4 Å². The van der Waals surface area contributed by atoms with E-state index in [4.69, 9.17) is 0 Å². The van der Waals surface area contributed by atoms with E-state index in [1.807, 2.05) is 0 Å². The second kappa shape index (κ2) is 4.53. The molecule has 2 heterocycles. The molecule has 1 amide bonds. The Labute approximate surface area is 119 Å². The summed E-state index contributed by atoms with van der Waals surface area (Å²) in [6.07, 6.45) is 2.32. The Morgan fingerprint density at radius 1 is 1.40 bits per heavy atom. The van der Waals surface area contributed by atoms with Gasteiger partial charge >= 0.3 is 10.2 Å². The number of hydrogen-bond acceptors (Lipinski definition) is 5. The van der Waals surface area contributed by atoms with Crippen molar-refractivity contribution in [2.24, 2.45) is 0 Å². The maximum absolute atomic E-state index is 13.0. The van der Waals surface area contributed by atoms with Crippen molar-refractivity contribution in [3.63, 3.8) is 0 Å². The monoisotopic (exact) mass is 314 g/mol. The molecule has 1 aromatic rings. The molecule has 0 saturated carbocycles. The number of hydrogen-bond donors (Lipinski definition) is 0. The highest BCUT2D eigenvalue weighted by atomic mass is 32.3. The minimum Gasteiger partial charge on any atom is -0.301 e. The maximum Gasteiger partial charge on any atom is 0.307 e. The largest absolute Gasteiger partial charge is 0.307 e. The van der Waals surface area contributed by atoms with Crippen LogP contribution in [0.2, 0.25) is 0 Å². The van der Waals surface area contributed by atoms with Crippen molar-refractivity contribution in [2.45, 2.75) is 30.9 Å². The number of carbonyl (C=O) groups excluding carboxylic acids is 1. The van der Waals surface area contributed by atoms with Gasteiger partial charge in [0.25, 0.3) is 0 Å². The molecule has 1 aliphatic carbocycles. The lowest BCUT2D eigenvalue weighted by Crippen LogP contribution is -2.26. The lowest BCUT2D eigenvalue weighted by Gasteiger charge is -2.14. The van der Waals surface area contributed by atoms with Crippen LogP contribution in [-0.2, 0) is 27.9 Å². The number of amides is 1. The van der Waals surface area contributed by atoms with Gasteiger partial charge < -0.3 is 4.90 Å². The SMILES string of the molecule is N#Cc1c(N2CC(S(=O)(=O)F)CC2=O)sc2c1CCC2. The molecule has 0 bridgehead atoms. The van der Waals surface area contributed by atoms with Crippen LogP contribution in [0.5, 0.6) is 0 Å². The van der Waals surface area contributed by atoms with Crippen LogP contribution < -0.4 is 4.90 Å². The number of thiophene rings is 1. The molecule has 1 aromatic heterocycles. The van der Waals surface area contributed by atoms with Crippen LogP contribution in [0.1, 0.15) is 28.8 Å². The van der Waals surface area contributed by atoms with Crippen LogP contribution in [0.15, 0.2) is 0 Å². The summed E-state index contributed by atoms with van der Waals surface area (Å²) >= 11 is 1.35. The molecule has 0 aromatic carbocycles. The Morgan fingerprint density at radius 2 is 2.15 bits per heavy atom. The maximum atomic E-state index is 13.0. The van der Waals surface area contributed by atoms with Crippen LogP contribution in [-0.4, -0.2) is 26.1 Å². The van der Waals surface area contributed by atoms with E-state index >= 15 is 0 Å². The van der Waals surface area contributed by atoms with Gasteiger partial charge in [-0.05, 0) is 24.8 Å². The van der Waals surface area contributed by atoms with Gasteiger partial charge in [-0.15, -0.1) is 15.2 Å². The molecular formula is C12H11FN2O3S2. The number of carbonyl (C=O) groups is 1. The van der Waals surface area contributed by atoms with Gasteiger partial charge in [0, 0.05) is 17.8 Å². The summed E-state index contributed by atoms with van der Waals surface area (Å²) < 4.78 is 34.9. The van der Waals surface area contributed by atoms with E-state index in [-0.39, 0.29) is 13.0 Å². The fraction of sp³-hybridized carbons (Fsp3) is 0.500. The fourth-order valence-corrected chi connectivity index (χ4v) is 4.79. The molecule has 20 heavy (non-hydrogen) atoms. The molecule has 0 radical (unpaired) electrons. The molecule has 0 spiro atoms. The predicted molar refractivity (Wildman–Crippen MR) is 71.8 cm³/mol. The van der Waals surface area contributed by atoms with E-state index in [1.54, 1.807) is 0 Å². The van der Waals surface area contributed by atoms with E-state index in [0.29, 0.717) is 10.6 Å². The quantitative estimate of drug-likeness (QED) is 0.775.